The van der Waals surface area contributed by atoms with Crippen molar-refractivity contribution in [3.8, 4) is 5.75 Å². The fourth-order valence-electron chi connectivity index (χ4n) is 2.55. The molecule has 174 valence electrons. The highest BCUT2D eigenvalue weighted by molar-refractivity contribution is 6.30. The molecule has 2 amide bonds. The fraction of sp³-hybridized carbons (Fsp3) is 0.333. The monoisotopic (exact) mass is 476 g/mol. The lowest BCUT2D eigenvalue weighted by atomic mass is 10.1. The lowest BCUT2D eigenvalue weighted by Crippen LogP contribution is -2.33. The Morgan fingerprint density at radius 3 is 2.38 bits per heavy atom. The molecule has 0 radical (unpaired) electrons. The van der Waals surface area contributed by atoms with Crippen molar-refractivity contribution >= 4 is 23.4 Å². The van der Waals surface area contributed by atoms with E-state index < -0.39 is 35.5 Å². The first-order valence-electron chi connectivity index (χ1n) is 9.50. The Balaban J connectivity index is 1.62. The number of aliphatic hydroxyl groups excluding tert-OH is 1. The number of aliphatic hydroxyl groups is 1. The van der Waals surface area contributed by atoms with Crippen LogP contribution in [-0.2, 0) is 22.3 Å². The highest BCUT2D eigenvalue weighted by Crippen LogP contribution is 2.29. The third-order valence-corrected chi connectivity index (χ3v) is 4.56. The zero-order chi connectivity index (χ0) is 23.7. The first-order valence-corrected chi connectivity index (χ1v) is 9.88. The number of carbonyl (C=O) groups excluding carboxylic acids is 2. The Labute approximate surface area is 186 Å². The van der Waals surface area contributed by atoms with E-state index in [-0.39, 0.29) is 43.3 Å². The van der Waals surface area contributed by atoms with Gasteiger partial charge in [0.1, 0.15) is 11.6 Å². The van der Waals surface area contributed by atoms with Crippen LogP contribution in [0.3, 0.4) is 0 Å². The number of benzene rings is 2. The zero-order valence-corrected chi connectivity index (χ0v) is 17.5. The number of rotatable bonds is 10. The summed E-state index contributed by atoms with van der Waals surface area (Å²) in [6, 6.07) is 8.11. The van der Waals surface area contributed by atoms with E-state index in [2.05, 4.69) is 10.6 Å². The van der Waals surface area contributed by atoms with Crippen LogP contribution in [0.4, 0.5) is 17.6 Å². The van der Waals surface area contributed by atoms with E-state index in [9.17, 15) is 32.3 Å². The summed E-state index contributed by atoms with van der Waals surface area (Å²) in [5.41, 5.74) is -0.301. The third kappa shape index (κ3) is 8.72. The van der Waals surface area contributed by atoms with Gasteiger partial charge in [0.2, 0.25) is 5.91 Å². The van der Waals surface area contributed by atoms with Crippen LogP contribution in [-0.4, -0.2) is 36.2 Å². The van der Waals surface area contributed by atoms with Crippen molar-refractivity contribution in [1.29, 1.82) is 0 Å². The number of amides is 2. The minimum atomic E-state index is -4.43. The van der Waals surface area contributed by atoms with Crippen LogP contribution in [0.15, 0.2) is 42.5 Å². The Hall–Kier alpha value is -2.85. The number of hydrogen-bond acceptors (Lipinski definition) is 4. The van der Waals surface area contributed by atoms with E-state index in [1.807, 2.05) is 0 Å². The van der Waals surface area contributed by atoms with Crippen LogP contribution in [0.25, 0.3) is 0 Å². The molecule has 6 nitrogen and oxygen atoms in total. The van der Waals surface area contributed by atoms with E-state index in [0.717, 1.165) is 18.2 Å². The van der Waals surface area contributed by atoms with E-state index in [4.69, 9.17) is 16.3 Å². The normalized spacial score (nSPS) is 12.2. The van der Waals surface area contributed by atoms with E-state index in [1.165, 1.54) is 24.3 Å². The van der Waals surface area contributed by atoms with Crippen molar-refractivity contribution in [2.75, 3.05) is 13.2 Å². The number of carbonyl (C=O) groups is 2. The summed E-state index contributed by atoms with van der Waals surface area (Å²) in [6.45, 7) is -0.279. The van der Waals surface area contributed by atoms with Gasteiger partial charge in [0, 0.05) is 19.2 Å². The van der Waals surface area contributed by atoms with Gasteiger partial charge in [0.05, 0.1) is 23.1 Å². The van der Waals surface area contributed by atoms with Gasteiger partial charge in [0.25, 0.3) is 5.91 Å². The molecular weight excluding hydrogens is 456 g/mol. The van der Waals surface area contributed by atoms with Gasteiger partial charge >= 0.3 is 6.18 Å². The number of ether oxygens (including phenoxy) is 1. The van der Waals surface area contributed by atoms with Gasteiger partial charge in [-0.05, 0) is 36.2 Å². The van der Waals surface area contributed by atoms with Crippen molar-refractivity contribution < 1.29 is 37.0 Å². The predicted molar refractivity (Wildman–Crippen MR) is 108 cm³/mol. The summed E-state index contributed by atoms with van der Waals surface area (Å²) in [5, 5.41) is 14.8. The molecule has 0 saturated carbocycles. The molecule has 0 bridgehead atoms. The Bertz CT molecular complexity index is 923. The van der Waals surface area contributed by atoms with Crippen molar-refractivity contribution in [2.45, 2.75) is 31.7 Å². The maximum absolute atomic E-state index is 13.3. The van der Waals surface area contributed by atoms with Gasteiger partial charge in [-0.2, -0.15) is 13.2 Å². The summed E-state index contributed by atoms with van der Waals surface area (Å²) in [6.07, 6.45) is -5.61. The molecule has 0 saturated heterocycles. The average molecular weight is 477 g/mol. The van der Waals surface area contributed by atoms with Gasteiger partial charge in [-0.1, -0.05) is 23.7 Å². The van der Waals surface area contributed by atoms with Gasteiger partial charge in [-0.25, -0.2) is 4.39 Å². The van der Waals surface area contributed by atoms with Gasteiger partial charge in [-0.3, -0.25) is 9.59 Å². The zero-order valence-electron chi connectivity index (χ0n) is 16.7. The SMILES string of the molecule is O=C(COc1ccc(Cl)c(F)c1)NCC[C@@H](O)CC(=O)NCc1ccc(C(F)(F)F)cc1. The molecule has 2 aromatic carbocycles. The Morgan fingerprint density at radius 1 is 1.06 bits per heavy atom. The second kappa shape index (κ2) is 11.7. The highest BCUT2D eigenvalue weighted by Gasteiger charge is 2.29. The van der Waals surface area contributed by atoms with Crippen LogP contribution in [0.2, 0.25) is 5.02 Å². The molecule has 0 aliphatic heterocycles. The summed E-state index contributed by atoms with van der Waals surface area (Å²) < 4.78 is 56.0. The molecule has 2 aromatic rings. The second-order valence-electron chi connectivity index (χ2n) is 6.83. The van der Waals surface area contributed by atoms with E-state index in [1.54, 1.807) is 0 Å². The predicted octanol–water partition coefficient (Wildman–Crippen LogP) is 3.45. The largest absolute Gasteiger partial charge is 0.484 e. The molecule has 0 aliphatic carbocycles. The first kappa shape index (κ1) is 25.4. The van der Waals surface area contributed by atoms with Crippen molar-refractivity contribution in [3.63, 3.8) is 0 Å². The topological polar surface area (TPSA) is 87.7 Å². The van der Waals surface area contributed by atoms with Crippen LogP contribution >= 0.6 is 11.6 Å². The van der Waals surface area contributed by atoms with Crippen LogP contribution in [0.1, 0.15) is 24.0 Å². The van der Waals surface area contributed by atoms with Crippen LogP contribution < -0.4 is 15.4 Å². The Kier molecular flexibility index (Phi) is 9.27. The molecular formula is C21H21ClF4N2O4. The molecule has 1 atom stereocenters. The molecule has 3 N–H and O–H groups in total. The summed E-state index contributed by atoms with van der Waals surface area (Å²) >= 11 is 5.55. The molecule has 0 heterocycles. The maximum atomic E-state index is 13.3. The smallest absolute Gasteiger partial charge is 0.416 e. The number of hydrogen-bond donors (Lipinski definition) is 3. The second-order valence-corrected chi connectivity index (χ2v) is 7.24. The molecule has 32 heavy (non-hydrogen) atoms. The van der Waals surface area contributed by atoms with Crippen molar-refractivity contribution in [2.24, 2.45) is 0 Å². The first-order chi connectivity index (χ1) is 15.0. The fourth-order valence-corrected chi connectivity index (χ4v) is 2.66. The standard InChI is InChI=1S/C21H21ClF4N2O4/c22-17-6-5-16(10-18(17)23)32-12-20(31)27-8-7-15(29)9-19(30)28-11-13-1-3-14(4-2-13)21(24,25)26/h1-6,10,15,29H,7-9,11-12H2,(H,27,31)(H,28,30)/t15-/m1/s1. The average Bonchev–Trinajstić information content (AvgIpc) is 2.72. The minimum absolute atomic E-state index is 0.0169. The van der Waals surface area contributed by atoms with E-state index in [0.29, 0.717) is 5.56 Å². The van der Waals surface area contributed by atoms with Crippen LogP contribution in [0, 0.1) is 5.82 Å². The van der Waals surface area contributed by atoms with Gasteiger partial charge in [0.15, 0.2) is 6.61 Å². The van der Waals surface area contributed by atoms with Crippen molar-refractivity contribution in [3.05, 3.63) is 64.4 Å². The summed E-state index contributed by atoms with van der Waals surface area (Å²) in [7, 11) is 0. The summed E-state index contributed by atoms with van der Waals surface area (Å²) in [5.74, 6) is -1.53. The lowest BCUT2D eigenvalue weighted by Gasteiger charge is -2.12. The summed E-state index contributed by atoms with van der Waals surface area (Å²) in [4.78, 5) is 23.6. The Morgan fingerprint density at radius 2 is 1.75 bits per heavy atom. The highest BCUT2D eigenvalue weighted by atomic mass is 35.5. The number of halogens is 5. The molecule has 0 aliphatic rings. The van der Waals surface area contributed by atoms with Crippen molar-refractivity contribution in [1.82, 2.24) is 10.6 Å². The lowest BCUT2D eigenvalue weighted by molar-refractivity contribution is -0.137. The number of alkyl halides is 3. The van der Waals surface area contributed by atoms with E-state index >= 15 is 0 Å². The van der Waals surface area contributed by atoms with Crippen LogP contribution in [0.5, 0.6) is 5.75 Å². The molecule has 0 spiro atoms. The molecule has 2 rings (SSSR count). The quantitative estimate of drug-likeness (QED) is 0.458. The molecule has 0 fully saturated rings. The van der Waals surface area contributed by atoms with Gasteiger partial charge in [-0.15, -0.1) is 0 Å². The minimum Gasteiger partial charge on any atom is -0.484 e. The molecule has 11 heteroatoms. The molecule has 0 unspecified atom stereocenters. The van der Waals surface area contributed by atoms with Gasteiger partial charge < -0.3 is 20.5 Å². The maximum Gasteiger partial charge on any atom is 0.416 e. The molecule has 0 aromatic heterocycles. The third-order valence-electron chi connectivity index (χ3n) is 4.25. The number of nitrogens with one attached hydrogen (secondary N) is 2.